The van der Waals surface area contributed by atoms with Crippen molar-refractivity contribution in [2.45, 2.75) is 56.8 Å². The fourth-order valence-electron chi connectivity index (χ4n) is 5.57. The van der Waals surface area contributed by atoms with Gasteiger partial charge in [-0.3, -0.25) is 9.78 Å². The number of piperidine rings is 1. The molecule has 1 aliphatic carbocycles. The molecule has 3 aliphatic rings. The summed E-state index contributed by atoms with van der Waals surface area (Å²) >= 11 is 6.08. The summed E-state index contributed by atoms with van der Waals surface area (Å²) in [5, 5.41) is 4.06. The van der Waals surface area contributed by atoms with Gasteiger partial charge in [0, 0.05) is 37.2 Å². The van der Waals surface area contributed by atoms with Crippen LogP contribution in [0.4, 0.5) is 18.9 Å². The van der Waals surface area contributed by atoms with Gasteiger partial charge in [-0.05, 0) is 72.9 Å². The number of benzene rings is 1. The Hall–Kier alpha value is -2.32. The van der Waals surface area contributed by atoms with Crippen LogP contribution in [0.25, 0.3) is 0 Å². The fourth-order valence-corrected chi connectivity index (χ4v) is 5.77. The molecule has 1 aromatic heterocycles. The van der Waals surface area contributed by atoms with E-state index in [-0.39, 0.29) is 30.1 Å². The zero-order chi connectivity index (χ0) is 23.9. The van der Waals surface area contributed by atoms with Crippen molar-refractivity contribution in [1.82, 2.24) is 9.88 Å². The summed E-state index contributed by atoms with van der Waals surface area (Å²) in [7, 11) is 0. The van der Waals surface area contributed by atoms with Crippen molar-refractivity contribution >= 4 is 23.2 Å². The Bertz CT molecular complexity index is 1050. The number of nitrogens with one attached hydrogen (secondary N) is 1. The van der Waals surface area contributed by atoms with E-state index >= 15 is 0 Å². The largest absolute Gasteiger partial charge is 0.414 e. The molecule has 0 radical (unpaired) electrons. The number of carbonyl (C=O) groups is 1. The number of hydrogen-bond donors (Lipinski definition) is 1. The SMILES string of the molecule is O=C1CCC2(CCOCC2)CN1C(c1ccc(NC2Cc3ccc(Cl)cc3C2)cn1)C(F)(F)F. The molecule has 2 saturated heterocycles. The van der Waals surface area contributed by atoms with Crippen LogP contribution in [0.1, 0.15) is 48.5 Å². The topological polar surface area (TPSA) is 54.5 Å². The zero-order valence-electron chi connectivity index (χ0n) is 18.7. The number of amides is 1. The zero-order valence-corrected chi connectivity index (χ0v) is 19.5. The number of carbonyl (C=O) groups excluding carboxylic acids is 1. The highest BCUT2D eigenvalue weighted by atomic mass is 35.5. The minimum Gasteiger partial charge on any atom is -0.381 e. The molecule has 2 fully saturated rings. The summed E-state index contributed by atoms with van der Waals surface area (Å²) in [6.45, 7) is 1.13. The molecule has 3 heterocycles. The average molecular weight is 494 g/mol. The monoisotopic (exact) mass is 493 g/mol. The Morgan fingerprint density at radius 1 is 1.12 bits per heavy atom. The first kappa shape index (κ1) is 23.4. The summed E-state index contributed by atoms with van der Waals surface area (Å²) in [5.74, 6) is -0.467. The lowest BCUT2D eigenvalue weighted by Gasteiger charge is -2.47. The van der Waals surface area contributed by atoms with E-state index in [1.807, 2.05) is 18.2 Å². The van der Waals surface area contributed by atoms with Crippen LogP contribution in [0.3, 0.4) is 0 Å². The van der Waals surface area contributed by atoms with Gasteiger partial charge in [0.25, 0.3) is 0 Å². The Morgan fingerprint density at radius 2 is 1.88 bits per heavy atom. The first-order valence-corrected chi connectivity index (χ1v) is 12.0. The van der Waals surface area contributed by atoms with Gasteiger partial charge < -0.3 is 15.0 Å². The molecule has 34 heavy (non-hydrogen) atoms. The molecule has 2 aromatic rings. The maximum absolute atomic E-state index is 14.2. The third kappa shape index (κ3) is 4.75. The number of hydrogen-bond acceptors (Lipinski definition) is 4. The summed E-state index contributed by atoms with van der Waals surface area (Å²) in [5.41, 5.74) is 2.58. The van der Waals surface area contributed by atoms with Crippen LogP contribution in [0.2, 0.25) is 5.02 Å². The van der Waals surface area contributed by atoms with Crippen LogP contribution in [0, 0.1) is 5.41 Å². The third-order valence-electron chi connectivity index (χ3n) is 7.41. The highest BCUT2D eigenvalue weighted by molar-refractivity contribution is 6.30. The fraction of sp³-hybridized carbons (Fsp3) is 0.520. The predicted octanol–water partition coefficient (Wildman–Crippen LogP) is 5.34. The van der Waals surface area contributed by atoms with Crippen LogP contribution in [0.15, 0.2) is 36.5 Å². The third-order valence-corrected chi connectivity index (χ3v) is 7.64. The Kier molecular flexibility index (Phi) is 6.23. The molecular formula is C25H27ClF3N3O2. The summed E-state index contributed by atoms with van der Waals surface area (Å²) in [4.78, 5) is 17.8. The summed E-state index contributed by atoms with van der Waals surface area (Å²) in [6.07, 6.45) is 0.500. The quantitative estimate of drug-likeness (QED) is 0.625. The molecular weight excluding hydrogens is 467 g/mol. The Morgan fingerprint density at radius 3 is 2.59 bits per heavy atom. The van der Waals surface area contributed by atoms with Crippen molar-refractivity contribution < 1.29 is 22.7 Å². The molecule has 2 unspecified atom stereocenters. The molecule has 1 spiro atoms. The predicted molar refractivity (Wildman–Crippen MR) is 123 cm³/mol. The number of ether oxygens (including phenoxy) is 1. The van der Waals surface area contributed by atoms with Gasteiger partial charge in [0.1, 0.15) is 0 Å². The number of likely N-dealkylation sites (tertiary alicyclic amines) is 1. The number of anilines is 1. The van der Waals surface area contributed by atoms with Crippen LogP contribution >= 0.6 is 11.6 Å². The van der Waals surface area contributed by atoms with E-state index in [4.69, 9.17) is 16.3 Å². The molecule has 182 valence electrons. The minimum atomic E-state index is -4.62. The molecule has 5 rings (SSSR count). The van der Waals surface area contributed by atoms with Crippen LogP contribution in [-0.2, 0) is 22.4 Å². The Balaban J connectivity index is 1.33. The second kappa shape index (κ2) is 9.04. The van der Waals surface area contributed by atoms with Crippen molar-refractivity contribution in [1.29, 1.82) is 0 Å². The van der Waals surface area contributed by atoms with E-state index in [9.17, 15) is 18.0 Å². The normalized spacial score (nSPS) is 23.1. The van der Waals surface area contributed by atoms with Gasteiger partial charge in [-0.2, -0.15) is 13.2 Å². The molecule has 1 aromatic carbocycles. The van der Waals surface area contributed by atoms with Gasteiger partial charge in [0.2, 0.25) is 5.91 Å². The Labute approximate surface area is 201 Å². The number of halogens is 4. The lowest BCUT2D eigenvalue weighted by Crippen LogP contribution is -2.53. The lowest BCUT2D eigenvalue weighted by molar-refractivity contribution is -0.202. The second-order valence-corrected chi connectivity index (χ2v) is 10.1. The highest BCUT2D eigenvalue weighted by Gasteiger charge is 2.51. The van der Waals surface area contributed by atoms with E-state index in [2.05, 4.69) is 10.3 Å². The van der Waals surface area contributed by atoms with Crippen molar-refractivity contribution in [3.05, 3.63) is 58.4 Å². The molecule has 9 heteroatoms. The van der Waals surface area contributed by atoms with E-state index in [1.165, 1.54) is 23.4 Å². The van der Waals surface area contributed by atoms with Crippen molar-refractivity contribution in [3.8, 4) is 0 Å². The highest BCUT2D eigenvalue weighted by Crippen LogP contribution is 2.46. The number of alkyl halides is 3. The molecule has 2 aliphatic heterocycles. The second-order valence-electron chi connectivity index (χ2n) is 9.71. The standard InChI is InChI=1S/C25H27ClF3N3O2/c26-18-2-1-16-12-20(13-17(16)11-18)31-19-3-4-21(30-14-19)23(25(27,28)29)32-15-24(6-5-22(32)33)7-9-34-10-8-24/h1-4,11,14,20,23,31H,5-10,12-13,15H2. The molecule has 1 N–H and O–H groups in total. The number of aromatic nitrogens is 1. The molecule has 1 amide bonds. The number of pyridine rings is 1. The molecule has 2 atom stereocenters. The van der Waals surface area contributed by atoms with Gasteiger partial charge in [0.15, 0.2) is 6.04 Å². The lowest BCUT2D eigenvalue weighted by atomic mass is 9.73. The van der Waals surface area contributed by atoms with E-state index in [0.717, 1.165) is 17.7 Å². The minimum absolute atomic E-state index is 0.0872. The van der Waals surface area contributed by atoms with Gasteiger partial charge >= 0.3 is 6.18 Å². The molecule has 0 saturated carbocycles. The van der Waals surface area contributed by atoms with Crippen molar-refractivity contribution in [3.63, 3.8) is 0 Å². The van der Waals surface area contributed by atoms with Crippen molar-refractivity contribution in [2.75, 3.05) is 25.1 Å². The summed E-state index contributed by atoms with van der Waals surface area (Å²) in [6, 6.07) is 6.91. The summed E-state index contributed by atoms with van der Waals surface area (Å²) < 4.78 is 48.2. The number of fused-ring (bicyclic) bond motifs is 1. The number of nitrogens with zero attached hydrogens (tertiary/aromatic N) is 2. The average Bonchev–Trinajstić information content (AvgIpc) is 3.19. The maximum Gasteiger partial charge on any atom is 0.414 e. The molecule has 5 nitrogen and oxygen atoms in total. The van der Waals surface area contributed by atoms with E-state index < -0.39 is 18.1 Å². The van der Waals surface area contributed by atoms with Gasteiger partial charge in [-0.25, -0.2) is 0 Å². The van der Waals surface area contributed by atoms with Gasteiger partial charge in [-0.15, -0.1) is 0 Å². The smallest absolute Gasteiger partial charge is 0.381 e. The van der Waals surface area contributed by atoms with Crippen LogP contribution < -0.4 is 5.32 Å². The van der Waals surface area contributed by atoms with Gasteiger partial charge in [0.05, 0.1) is 17.6 Å². The maximum atomic E-state index is 14.2. The van der Waals surface area contributed by atoms with E-state index in [0.29, 0.717) is 43.2 Å². The van der Waals surface area contributed by atoms with Crippen LogP contribution in [0.5, 0.6) is 0 Å². The van der Waals surface area contributed by atoms with E-state index in [1.54, 1.807) is 6.07 Å². The van der Waals surface area contributed by atoms with Crippen molar-refractivity contribution in [2.24, 2.45) is 5.41 Å². The van der Waals surface area contributed by atoms with Gasteiger partial charge in [-0.1, -0.05) is 17.7 Å². The van der Waals surface area contributed by atoms with Crippen LogP contribution in [-0.4, -0.2) is 47.8 Å². The molecule has 0 bridgehead atoms. The first-order chi connectivity index (χ1) is 16.2. The first-order valence-electron chi connectivity index (χ1n) is 11.7. The number of rotatable bonds is 4.